The summed E-state index contributed by atoms with van der Waals surface area (Å²) in [5, 5.41) is 3.23. The van der Waals surface area contributed by atoms with E-state index in [2.05, 4.69) is 5.32 Å². The fourth-order valence-electron chi connectivity index (χ4n) is 2.08. The molecular formula is C15H22N2O3. The first-order valence-electron chi connectivity index (χ1n) is 6.83. The highest BCUT2D eigenvalue weighted by Crippen LogP contribution is 2.31. The molecule has 5 nitrogen and oxygen atoms in total. The van der Waals surface area contributed by atoms with Gasteiger partial charge in [-0.2, -0.15) is 0 Å². The smallest absolute Gasteiger partial charge is 0.236 e. The number of ether oxygens (including phenoxy) is 2. The molecular weight excluding hydrogens is 256 g/mol. The molecule has 1 saturated carbocycles. The van der Waals surface area contributed by atoms with Crippen LogP contribution in [0.1, 0.15) is 18.4 Å². The minimum Gasteiger partial charge on any atom is -0.493 e. The molecule has 0 aromatic heterocycles. The molecule has 0 saturated heterocycles. The van der Waals surface area contributed by atoms with E-state index >= 15 is 0 Å². The summed E-state index contributed by atoms with van der Waals surface area (Å²) in [7, 11) is 5.02. The first kappa shape index (κ1) is 14.7. The van der Waals surface area contributed by atoms with Crippen LogP contribution >= 0.6 is 0 Å². The Kier molecular flexibility index (Phi) is 4.84. The van der Waals surface area contributed by atoms with E-state index in [-0.39, 0.29) is 5.91 Å². The van der Waals surface area contributed by atoms with Crippen LogP contribution in [0.25, 0.3) is 0 Å². The quantitative estimate of drug-likeness (QED) is 0.819. The monoisotopic (exact) mass is 278 g/mol. The van der Waals surface area contributed by atoms with Gasteiger partial charge < -0.3 is 19.7 Å². The van der Waals surface area contributed by atoms with Crippen LogP contribution < -0.4 is 14.8 Å². The van der Waals surface area contributed by atoms with Crippen LogP contribution in [0.2, 0.25) is 0 Å². The number of rotatable bonds is 7. The Bertz CT molecular complexity index is 472. The van der Waals surface area contributed by atoms with Crippen molar-refractivity contribution in [3.63, 3.8) is 0 Å². The van der Waals surface area contributed by atoms with Gasteiger partial charge in [0.25, 0.3) is 0 Å². The van der Waals surface area contributed by atoms with E-state index in [4.69, 9.17) is 9.47 Å². The van der Waals surface area contributed by atoms with Gasteiger partial charge >= 0.3 is 0 Å². The van der Waals surface area contributed by atoms with Gasteiger partial charge in [-0.05, 0) is 18.9 Å². The van der Waals surface area contributed by atoms with Gasteiger partial charge in [-0.15, -0.1) is 0 Å². The molecule has 5 heteroatoms. The first-order valence-corrected chi connectivity index (χ1v) is 6.83. The molecule has 2 rings (SSSR count). The maximum Gasteiger partial charge on any atom is 0.236 e. The van der Waals surface area contributed by atoms with Crippen molar-refractivity contribution in [2.24, 2.45) is 0 Å². The summed E-state index contributed by atoms with van der Waals surface area (Å²) in [4.78, 5) is 13.7. The number of hydrogen-bond acceptors (Lipinski definition) is 4. The predicted octanol–water partition coefficient (Wildman–Crippen LogP) is 1.41. The average Bonchev–Trinajstić information content (AvgIpc) is 3.28. The van der Waals surface area contributed by atoms with Gasteiger partial charge in [-0.25, -0.2) is 0 Å². The summed E-state index contributed by atoms with van der Waals surface area (Å²) in [6.07, 6.45) is 2.36. The number of carbonyl (C=O) groups is 1. The fourth-order valence-corrected chi connectivity index (χ4v) is 2.08. The zero-order valence-corrected chi connectivity index (χ0v) is 12.3. The summed E-state index contributed by atoms with van der Waals surface area (Å²) in [5.41, 5.74) is 0.939. The first-order chi connectivity index (χ1) is 9.65. The Morgan fingerprint density at radius 2 is 2.10 bits per heavy atom. The maximum absolute atomic E-state index is 12.0. The Labute approximate surface area is 119 Å². The average molecular weight is 278 g/mol. The summed E-state index contributed by atoms with van der Waals surface area (Å²) in [5.74, 6) is 1.45. The third kappa shape index (κ3) is 3.63. The van der Waals surface area contributed by atoms with E-state index in [9.17, 15) is 4.79 Å². The van der Waals surface area contributed by atoms with Crippen molar-refractivity contribution in [1.29, 1.82) is 0 Å². The molecule has 1 N–H and O–H groups in total. The second kappa shape index (κ2) is 6.61. The molecule has 0 heterocycles. The minimum absolute atomic E-state index is 0.0850. The zero-order valence-electron chi connectivity index (χ0n) is 12.3. The fraction of sp³-hybridized carbons (Fsp3) is 0.533. The Balaban J connectivity index is 1.98. The van der Waals surface area contributed by atoms with Crippen molar-refractivity contribution in [3.8, 4) is 11.5 Å². The van der Waals surface area contributed by atoms with E-state index in [1.54, 1.807) is 26.2 Å². The van der Waals surface area contributed by atoms with Crippen LogP contribution in [0.5, 0.6) is 11.5 Å². The lowest BCUT2D eigenvalue weighted by Gasteiger charge is -2.20. The van der Waals surface area contributed by atoms with Crippen LogP contribution in [-0.4, -0.2) is 44.7 Å². The Hall–Kier alpha value is -1.75. The highest BCUT2D eigenvalue weighted by Gasteiger charge is 2.22. The van der Waals surface area contributed by atoms with Crippen LogP contribution in [-0.2, 0) is 11.3 Å². The molecule has 0 bridgehead atoms. The molecule has 0 aliphatic heterocycles. The van der Waals surface area contributed by atoms with Gasteiger partial charge in [0.1, 0.15) is 0 Å². The molecule has 1 aromatic rings. The van der Waals surface area contributed by atoms with Crippen LogP contribution in [0, 0.1) is 0 Å². The van der Waals surface area contributed by atoms with Crippen molar-refractivity contribution >= 4 is 5.91 Å². The molecule has 0 unspecified atom stereocenters. The largest absolute Gasteiger partial charge is 0.493 e. The number of benzene rings is 1. The topological polar surface area (TPSA) is 50.8 Å². The molecule has 1 aliphatic carbocycles. The normalized spacial score (nSPS) is 13.9. The number of likely N-dealkylation sites (N-methyl/N-ethyl adjacent to an activating group) is 1. The van der Waals surface area contributed by atoms with E-state index in [1.807, 2.05) is 18.2 Å². The van der Waals surface area contributed by atoms with E-state index < -0.39 is 0 Å². The van der Waals surface area contributed by atoms with Crippen molar-refractivity contribution in [1.82, 2.24) is 10.2 Å². The van der Waals surface area contributed by atoms with Gasteiger partial charge in [-0.1, -0.05) is 12.1 Å². The number of amides is 1. The predicted molar refractivity (Wildman–Crippen MR) is 77.0 cm³/mol. The summed E-state index contributed by atoms with van der Waals surface area (Å²) < 4.78 is 10.6. The second-order valence-electron chi connectivity index (χ2n) is 5.06. The van der Waals surface area contributed by atoms with Gasteiger partial charge in [0.05, 0.1) is 20.8 Å². The summed E-state index contributed by atoms with van der Waals surface area (Å²) in [6, 6.07) is 6.23. The number of hydrogen-bond donors (Lipinski definition) is 1. The Morgan fingerprint density at radius 3 is 2.70 bits per heavy atom. The summed E-state index contributed by atoms with van der Waals surface area (Å²) in [6.45, 7) is 0.902. The van der Waals surface area contributed by atoms with Gasteiger partial charge in [-0.3, -0.25) is 4.79 Å². The van der Waals surface area contributed by atoms with Gasteiger partial charge in [0.15, 0.2) is 11.5 Å². The molecule has 110 valence electrons. The lowest BCUT2D eigenvalue weighted by Crippen LogP contribution is -2.36. The van der Waals surface area contributed by atoms with E-state index in [0.29, 0.717) is 30.6 Å². The van der Waals surface area contributed by atoms with Crippen LogP contribution in [0.3, 0.4) is 0 Å². The lowest BCUT2D eigenvalue weighted by atomic mass is 10.1. The molecule has 1 amide bonds. The summed E-state index contributed by atoms with van der Waals surface area (Å²) >= 11 is 0. The SMILES string of the molecule is COc1cccc(CN(C)C(=O)CNC2CC2)c1OC. The number of carbonyl (C=O) groups excluding carboxylic acids is 1. The minimum atomic E-state index is 0.0850. The molecule has 1 fully saturated rings. The Morgan fingerprint density at radius 1 is 1.35 bits per heavy atom. The number of nitrogens with one attached hydrogen (secondary N) is 1. The van der Waals surface area contributed by atoms with Crippen molar-refractivity contribution in [2.45, 2.75) is 25.4 Å². The van der Waals surface area contributed by atoms with E-state index in [1.165, 1.54) is 12.8 Å². The van der Waals surface area contributed by atoms with Gasteiger partial charge in [0.2, 0.25) is 5.91 Å². The van der Waals surface area contributed by atoms with Gasteiger partial charge in [0, 0.05) is 25.2 Å². The molecule has 0 spiro atoms. The molecule has 0 atom stereocenters. The standard InChI is InChI=1S/C15H22N2O3/c1-17(14(18)9-16-12-7-8-12)10-11-5-4-6-13(19-2)15(11)20-3/h4-6,12,16H,7-10H2,1-3H3. The van der Waals surface area contributed by atoms with Crippen LogP contribution in [0.4, 0.5) is 0 Å². The molecule has 1 aliphatic rings. The highest BCUT2D eigenvalue weighted by molar-refractivity contribution is 5.78. The number of nitrogens with zero attached hydrogens (tertiary/aromatic N) is 1. The lowest BCUT2D eigenvalue weighted by molar-refractivity contribution is -0.129. The number of methoxy groups -OCH3 is 2. The third-order valence-electron chi connectivity index (χ3n) is 3.44. The molecule has 1 aromatic carbocycles. The second-order valence-corrected chi connectivity index (χ2v) is 5.06. The highest BCUT2D eigenvalue weighted by atomic mass is 16.5. The zero-order chi connectivity index (χ0) is 14.5. The molecule has 0 radical (unpaired) electrons. The van der Waals surface area contributed by atoms with Crippen LogP contribution in [0.15, 0.2) is 18.2 Å². The van der Waals surface area contributed by atoms with Crippen molar-refractivity contribution in [3.05, 3.63) is 23.8 Å². The van der Waals surface area contributed by atoms with Crippen molar-refractivity contribution in [2.75, 3.05) is 27.8 Å². The molecule has 20 heavy (non-hydrogen) atoms. The third-order valence-corrected chi connectivity index (χ3v) is 3.44. The maximum atomic E-state index is 12.0. The number of para-hydroxylation sites is 1. The van der Waals surface area contributed by atoms with E-state index in [0.717, 1.165) is 5.56 Å². The van der Waals surface area contributed by atoms with Crippen molar-refractivity contribution < 1.29 is 14.3 Å².